The average Bonchev–Trinajstić information content (AvgIpc) is 2.96. The number of piperidine rings is 1. The molecule has 1 aliphatic rings. The van der Waals surface area contributed by atoms with E-state index in [0.717, 1.165) is 49.2 Å². The molecule has 1 aromatic heterocycles. The largest absolute Gasteiger partial charge is 0.493 e. The van der Waals surface area contributed by atoms with Gasteiger partial charge in [0.1, 0.15) is 0 Å². The van der Waals surface area contributed by atoms with E-state index in [1.807, 2.05) is 30.3 Å². The van der Waals surface area contributed by atoms with Crippen LogP contribution in [-0.4, -0.2) is 68.3 Å². The lowest BCUT2D eigenvalue weighted by atomic mass is 9.97. The first kappa shape index (κ1) is 28.7. The fraction of sp³-hybridized carbons (Fsp3) is 0.393. The zero-order valence-electron chi connectivity index (χ0n) is 22.2. The Hall–Kier alpha value is -3.27. The SMILES string of the molecule is COc1cc(-c2cnc(OCC(=O)NCC3CCCN(Cc4ccc(Cl)c(Cl)c4)C3)nc2)cc(OC)c1OC. The number of nitrogens with zero attached hydrogens (tertiary/aromatic N) is 3. The van der Waals surface area contributed by atoms with Gasteiger partial charge in [-0.2, -0.15) is 0 Å². The van der Waals surface area contributed by atoms with E-state index in [0.29, 0.717) is 39.8 Å². The van der Waals surface area contributed by atoms with Gasteiger partial charge in [-0.3, -0.25) is 9.69 Å². The van der Waals surface area contributed by atoms with Crippen molar-refractivity contribution in [1.82, 2.24) is 20.2 Å². The third-order valence-electron chi connectivity index (χ3n) is 6.54. The first-order valence-electron chi connectivity index (χ1n) is 12.6. The molecule has 9 nitrogen and oxygen atoms in total. The second-order valence-electron chi connectivity index (χ2n) is 9.25. The van der Waals surface area contributed by atoms with Crippen LogP contribution in [0.5, 0.6) is 23.3 Å². The Morgan fingerprint density at radius 2 is 1.72 bits per heavy atom. The first-order valence-corrected chi connectivity index (χ1v) is 13.3. The molecule has 0 radical (unpaired) electrons. The molecule has 2 aromatic carbocycles. The molecular formula is C28H32Cl2N4O5. The molecule has 208 valence electrons. The van der Waals surface area contributed by atoms with E-state index in [1.165, 1.54) is 0 Å². The highest BCUT2D eigenvalue weighted by Gasteiger charge is 2.21. The van der Waals surface area contributed by atoms with Crippen molar-refractivity contribution in [3.05, 3.63) is 58.3 Å². The van der Waals surface area contributed by atoms with Gasteiger partial charge in [-0.1, -0.05) is 29.3 Å². The molecule has 0 saturated carbocycles. The standard InChI is InChI=1S/C28H32Cl2N4O5/c1-36-24-10-20(11-25(37-2)27(24)38-3)21-13-32-28(33-14-21)39-17-26(35)31-12-19-5-4-8-34(16-19)15-18-6-7-22(29)23(30)9-18/h6-7,9-11,13-14,19H,4-5,8,12,15-17H2,1-3H3,(H,31,35). The van der Waals surface area contributed by atoms with E-state index >= 15 is 0 Å². The van der Waals surface area contributed by atoms with Gasteiger partial charge < -0.3 is 24.3 Å². The normalized spacial score (nSPS) is 15.5. The molecule has 1 atom stereocenters. The summed E-state index contributed by atoms with van der Waals surface area (Å²) in [5.41, 5.74) is 2.64. The number of ether oxygens (including phenoxy) is 4. The summed E-state index contributed by atoms with van der Waals surface area (Å²) in [6.45, 7) is 3.13. The number of likely N-dealkylation sites (tertiary alicyclic amines) is 1. The van der Waals surface area contributed by atoms with Crippen molar-refractivity contribution < 1.29 is 23.7 Å². The predicted molar refractivity (Wildman–Crippen MR) is 150 cm³/mol. The van der Waals surface area contributed by atoms with Crippen LogP contribution in [0, 0.1) is 5.92 Å². The topological polar surface area (TPSA) is 95.0 Å². The van der Waals surface area contributed by atoms with Gasteiger partial charge in [0.05, 0.1) is 31.4 Å². The molecule has 39 heavy (non-hydrogen) atoms. The number of benzene rings is 2. The Kier molecular flexibility index (Phi) is 10.1. The van der Waals surface area contributed by atoms with Crippen LogP contribution >= 0.6 is 23.2 Å². The summed E-state index contributed by atoms with van der Waals surface area (Å²) in [7, 11) is 4.66. The van der Waals surface area contributed by atoms with Crippen LogP contribution in [-0.2, 0) is 11.3 Å². The molecule has 1 amide bonds. The summed E-state index contributed by atoms with van der Waals surface area (Å²) in [6, 6.07) is 9.47. The van der Waals surface area contributed by atoms with Crippen LogP contribution < -0.4 is 24.3 Å². The van der Waals surface area contributed by atoms with Crippen molar-refractivity contribution in [2.24, 2.45) is 5.92 Å². The Morgan fingerprint density at radius 3 is 2.36 bits per heavy atom. The average molecular weight is 575 g/mol. The minimum Gasteiger partial charge on any atom is -0.493 e. The van der Waals surface area contributed by atoms with Gasteiger partial charge in [-0.05, 0) is 60.7 Å². The van der Waals surface area contributed by atoms with Gasteiger partial charge in [-0.15, -0.1) is 0 Å². The molecule has 0 spiro atoms. The monoisotopic (exact) mass is 574 g/mol. The molecule has 1 N–H and O–H groups in total. The summed E-state index contributed by atoms with van der Waals surface area (Å²) in [5.74, 6) is 1.70. The van der Waals surface area contributed by atoms with Gasteiger partial charge >= 0.3 is 6.01 Å². The highest BCUT2D eigenvalue weighted by molar-refractivity contribution is 6.42. The van der Waals surface area contributed by atoms with Crippen molar-refractivity contribution in [2.45, 2.75) is 19.4 Å². The van der Waals surface area contributed by atoms with Crippen LogP contribution in [0.4, 0.5) is 0 Å². The molecule has 1 aliphatic heterocycles. The summed E-state index contributed by atoms with van der Waals surface area (Å²) in [5, 5.41) is 4.09. The Bertz CT molecular complexity index is 1250. The first-order chi connectivity index (χ1) is 18.9. The number of halogens is 2. The summed E-state index contributed by atoms with van der Waals surface area (Å²) >= 11 is 12.2. The van der Waals surface area contributed by atoms with E-state index in [-0.39, 0.29) is 18.5 Å². The van der Waals surface area contributed by atoms with Gasteiger partial charge in [0.2, 0.25) is 5.75 Å². The van der Waals surface area contributed by atoms with E-state index in [9.17, 15) is 4.79 Å². The van der Waals surface area contributed by atoms with Gasteiger partial charge in [0.25, 0.3) is 5.91 Å². The van der Waals surface area contributed by atoms with E-state index in [4.69, 9.17) is 42.1 Å². The zero-order valence-corrected chi connectivity index (χ0v) is 23.7. The summed E-state index contributed by atoms with van der Waals surface area (Å²) in [4.78, 5) is 23.3. The number of hydrogen-bond acceptors (Lipinski definition) is 8. The van der Waals surface area contributed by atoms with Crippen LogP contribution in [0.3, 0.4) is 0 Å². The van der Waals surface area contributed by atoms with Crippen molar-refractivity contribution >= 4 is 29.1 Å². The number of aromatic nitrogens is 2. The van der Waals surface area contributed by atoms with Crippen LogP contribution in [0.2, 0.25) is 10.0 Å². The lowest BCUT2D eigenvalue weighted by Gasteiger charge is -2.32. The van der Waals surface area contributed by atoms with Crippen molar-refractivity contribution in [3.63, 3.8) is 0 Å². The van der Waals surface area contributed by atoms with E-state index in [2.05, 4.69) is 20.2 Å². The van der Waals surface area contributed by atoms with Crippen molar-refractivity contribution in [3.8, 4) is 34.4 Å². The molecule has 2 heterocycles. The molecule has 4 rings (SSSR count). The quantitative estimate of drug-likeness (QED) is 0.346. The maximum absolute atomic E-state index is 12.4. The van der Waals surface area contributed by atoms with E-state index < -0.39 is 0 Å². The smallest absolute Gasteiger partial charge is 0.316 e. The lowest BCUT2D eigenvalue weighted by Crippen LogP contribution is -2.41. The third-order valence-corrected chi connectivity index (χ3v) is 7.28. The fourth-order valence-electron chi connectivity index (χ4n) is 4.58. The number of carbonyl (C=O) groups excluding carboxylic acids is 1. The summed E-state index contributed by atoms with van der Waals surface area (Å²) in [6.07, 6.45) is 5.37. The maximum Gasteiger partial charge on any atom is 0.316 e. The number of carbonyl (C=O) groups is 1. The Balaban J connectivity index is 1.25. The number of hydrogen-bond donors (Lipinski definition) is 1. The van der Waals surface area contributed by atoms with Crippen molar-refractivity contribution in [1.29, 1.82) is 0 Å². The number of methoxy groups -OCH3 is 3. The highest BCUT2D eigenvalue weighted by Crippen LogP contribution is 2.41. The summed E-state index contributed by atoms with van der Waals surface area (Å²) < 4.78 is 21.7. The third kappa shape index (κ3) is 7.65. The number of nitrogens with one attached hydrogen (secondary N) is 1. The van der Waals surface area contributed by atoms with E-state index in [1.54, 1.807) is 33.7 Å². The second-order valence-corrected chi connectivity index (χ2v) is 10.1. The molecule has 1 unspecified atom stereocenters. The molecule has 0 bridgehead atoms. The molecule has 1 saturated heterocycles. The Morgan fingerprint density at radius 1 is 1.00 bits per heavy atom. The molecule has 1 fully saturated rings. The molecular weight excluding hydrogens is 543 g/mol. The van der Waals surface area contributed by atoms with Crippen LogP contribution in [0.25, 0.3) is 11.1 Å². The second kappa shape index (κ2) is 13.7. The van der Waals surface area contributed by atoms with Gasteiger partial charge in [-0.25, -0.2) is 9.97 Å². The molecule has 0 aliphatic carbocycles. The predicted octanol–water partition coefficient (Wildman–Crippen LogP) is 4.88. The van der Waals surface area contributed by atoms with Gasteiger partial charge in [0.15, 0.2) is 18.1 Å². The fourth-order valence-corrected chi connectivity index (χ4v) is 4.91. The minimum absolute atomic E-state index is 0.117. The highest BCUT2D eigenvalue weighted by atomic mass is 35.5. The Labute approximate surface area is 238 Å². The van der Waals surface area contributed by atoms with Crippen LogP contribution in [0.1, 0.15) is 18.4 Å². The van der Waals surface area contributed by atoms with Crippen molar-refractivity contribution in [2.75, 3.05) is 47.6 Å². The molecule has 11 heteroatoms. The van der Waals surface area contributed by atoms with Gasteiger partial charge in [0, 0.05) is 37.6 Å². The number of amides is 1. The number of rotatable bonds is 11. The maximum atomic E-state index is 12.4. The zero-order chi connectivity index (χ0) is 27.8. The van der Waals surface area contributed by atoms with Crippen LogP contribution in [0.15, 0.2) is 42.7 Å². The lowest BCUT2D eigenvalue weighted by molar-refractivity contribution is -0.123. The minimum atomic E-state index is -0.214. The molecule has 3 aromatic rings.